The largest absolute Gasteiger partial charge is 0.494 e. The van der Waals surface area contributed by atoms with Gasteiger partial charge in [0, 0.05) is 6.20 Å². The van der Waals surface area contributed by atoms with E-state index in [0.717, 1.165) is 11.1 Å². The van der Waals surface area contributed by atoms with Gasteiger partial charge < -0.3 is 4.74 Å². The van der Waals surface area contributed by atoms with Gasteiger partial charge in [0.15, 0.2) is 5.75 Å². The minimum atomic E-state index is 0.660. The second-order valence-corrected chi connectivity index (χ2v) is 2.18. The van der Waals surface area contributed by atoms with Crippen molar-refractivity contribution < 1.29 is 4.74 Å². The van der Waals surface area contributed by atoms with Gasteiger partial charge in [0.2, 0.25) is 0 Å². The Balaban J connectivity index is 3.27. The van der Waals surface area contributed by atoms with Crippen LogP contribution in [0.2, 0.25) is 0 Å². The summed E-state index contributed by atoms with van der Waals surface area (Å²) in [6.45, 7) is 1.91. The highest BCUT2D eigenvalue weighted by Crippen LogP contribution is 2.17. The molecule has 0 saturated heterocycles. The van der Waals surface area contributed by atoms with Gasteiger partial charge >= 0.3 is 0 Å². The van der Waals surface area contributed by atoms with E-state index in [1.54, 1.807) is 19.5 Å². The lowest BCUT2D eigenvalue weighted by atomic mass is 10.1. The summed E-state index contributed by atoms with van der Waals surface area (Å²) in [6.07, 6.45) is 8.60. The van der Waals surface area contributed by atoms with Crippen LogP contribution in [-0.2, 0) is 0 Å². The first-order valence-corrected chi connectivity index (χ1v) is 3.24. The number of methoxy groups -OCH3 is 1. The van der Waals surface area contributed by atoms with E-state index >= 15 is 0 Å². The zero-order chi connectivity index (χ0) is 8.27. The third-order valence-electron chi connectivity index (χ3n) is 1.46. The van der Waals surface area contributed by atoms with Gasteiger partial charge in [-0.25, -0.2) is 0 Å². The molecule has 56 valence electrons. The quantitative estimate of drug-likeness (QED) is 0.560. The highest BCUT2D eigenvalue weighted by molar-refractivity contribution is 5.47. The number of aryl methyl sites for hydroxylation is 1. The smallest absolute Gasteiger partial charge is 0.153 e. The maximum absolute atomic E-state index is 5.27. The van der Waals surface area contributed by atoms with E-state index in [4.69, 9.17) is 11.2 Å². The molecular weight excluding hydrogens is 138 g/mol. The number of aromatic nitrogens is 1. The molecule has 0 aliphatic carbocycles. The van der Waals surface area contributed by atoms with Crippen molar-refractivity contribution in [3.05, 3.63) is 23.5 Å². The van der Waals surface area contributed by atoms with Gasteiger partial charge in [0.1, 0.15) is 0 Å². The fraction of sp³-hybridized carbons (Fsp3) is 0.222. The molecule has 1 aromatic rings. The molecule has 0 fully saturated rings. The Morgan fingerprint density at radius 2 is 2.27 bits per heavy atom. The van der Waals surface area contributed by atoms with Crippen molar-refractivity contribution >= 4 is 0 Å². The van der Waals surface area contributed by atoms with Crippen molar-refractivity contribution in [2.24, 2.45) is 0 Å². The molecule has 0 saturated carbocycles. The van der Waals surface area contributed by atoms with E-state index < -0.39 is 0 Å². The Morgan fingerprint density at radius 3 is 2.73 bits per heavy atom. The van der Waals surface area contributed by atoms with Crippen LogP contribution < -0.4 is 4.74 Å². The van der Waals surface area contributed by atoms with Gasteiger partial charge in [-0.05, 0) is 12.5 Å². The fourth-order valence-corrected chi connectivity index (χ4v) is 0.880. The summed E-state index contributed by atoms with van der Waals surface area (Å²) in [4.78, 5) is 3.94. The molecule has 2 nitrogen and oxygen atoms in total. The van der Waals surface area contributed by atoms with Crippen LogP contribution in [0.15, 0.2) is 12.4 Å². The molecule has 1 aromatic heterocycles. The minimum Gasteiger partial charge on any atom is -0.494 e. The monoisotopic (exact) mass is 147 g/mol. The lowest BCUT2D eigenvalue weighted by molar-refractivity contribution is 0.411. The van der Waals surface area contributed by atoms with Crippen LogP contribution in [0.5, 0.6) is 5.75 Å². The molecular formula is C9H9NO. The van der Waals surface area contributed by atoms with Gasteiger partial charge in [-0.3, -0.25) is 4.98 Å². The molecule has 1 heterocycles. The molecule has 0 aliphatic rings. The third kappa shape index (κ3) is 1.32. The van der Waals surface area contributed by atoms with Crippen LogP contribution in [-0.4, -0.2) is 12.1 Å². The Hall–Kier alpha value is -1.49. The molecule has 0 atom stereocenters. The van der Waals surface area contributed by atoms with E-state index in [0.29, 0.717) is 5.75 Å². The summed E-state index contributed by atoms with van der Waals surface area (Å²) < 4.78 is 5.01. The molecule has 0 amide bonds. The van der Waals surface area contributed by atoms with Crippen LogP contribution in [0.3, 0.4) is 0 Å². The first-order chi connectivity index (χ1) is 5.29. The molecule has 0 unspecified atom stereocenters. The van der Waals surface area contributed by atoms with E-state index in [1.165, 1.54) is 0 Å². The van der Waals surface area contributed by atoms with Crippen LogP contribution in [0.4, 0.5) is 0 Å². The molecule has 0 N–H and O–H groups in total. The molecule has 0 radical (unpaired) electrons. The average Bonchev–Trinajstić information content (AvgIpc) is 2.04. The topological polar surface area (TPSA) is 22.1 Å². The SMILES string of the molecule is C#Cc1c(C)cncc1OC. The van der Waals surface area contributed by atoms with Crippen LogP contribution in [0, 0.1) is 19.3 Å². The van der Waals surface area contributed by atoms with Gasteiger partial charge in [-0.2, -0.15) is 0 Å². The van der Waals surface area contributed by atoms with Crippen molar-refractivity contribution in [2.75, 3.05) is 7.11 Å². The van der Waals surface area contributed by atoms with Crippen LogP contribution in [0.1, 0.15) is 11.1 Å². The third-order valence-corrected chi connectivity index (χ3v) is 1.46. The van der Waals surface area contributed by atoms with Crippen LogP contribution in [0.25, 0.3) is 0 Å². The van der Waals surface area contributed by atoms with E-state index in [1.807, 2.05) is 6.92 Å². The maximum Gasteiger partial charge on any atom is 0.153 e. The lowest BCUT2D eigenvalue weighted by Gasteiger charge is -2.03. The minimum absolute atomic E-state index is 0.660. The number of ether oxygens (including phenoxy) is 1. The molecule has 0 bridgehead atoms. The Labute approximate surface area is 66.2 Å². The molecule has 11 heavy (non-hydrogen) atoms. The van der Waals surface area contributed by atoms with Crippen LogP contribution >= 0.6 is 0 Å². The fourth-order valence-electron chi connectivity index (χ4n) is 0.880. The first-order valence-electron chi connectivity index (χ1n) is 3.24. The van der Waals surface area contributed by atoms with Gasteiger partial charge in [-0.1, -0.05) is 5.92 Å². The molecule has 0 aromatic carbocycles. The molecule has 0 spiro atoms. The van der Waals surface area contributed by atoms with Gasteiger partial charge in [0.05, 0.1) is 18.9 Å². The number of hydrogen-bond acceptors (Lipinski definition) is 2. The highest BCUT2D eigenvalue weighted by atomic mass is 16.5. The highest BCUT2D eigenvalue weighted by Gasteiger charge is 2.01. The summed E-state index contributed by atoms with van der Waals surface area (Å²) in [5.74, 6) is 3.21. The van der Waals surface area contributed by atoms with Crippen molar-refractivity contribution in [1.29, 1.82) is 0 Å². The number of pyridine rings is 1. The van der Waals surface area contributed by atoms with Gasteiger partial charge in [-0.15, -0.1) is 6.42 Å². The molecule has 0 aliphatic heterocycles. The zero-order valence-corrected chi connectivity index (χ0v) is 6.59. The molecule has 1 rings (SSSR count). The average molecular weight is 147 g/mol. The summed E-state index contributed by atoms with van der Waals surface area (Å²) in [5, 5.41) is 0. The second-order valence-electron chi connectivity index (χ2n) is 2.18. The van der Waals surface area contributed by atoms with E-state index in [2.05, 4.69) is 10.9 Å². The number of terminal acetylenes is 1. The van der Waals surface area contributed by atoms with E-state index in [9.17, 15) is 0 Å². The Morgan fingerprint density at radius 1 is 1.55 bits per heavy atom. The number of hydrogen-bond donors (Lipinski definition) is 0. The maximum atomic E-state index is 5.27. The lowest BCUT2D eigenvalue weighted by Crippen LogP contribution is -1.91. The second kappa shape index (κ2) is 3.07. The standard InChI is InChI=1S/C9H9NO/c1-4-8-7(2)5-10-6-9(8)11-3/h1,5-6H,2-3H3. The summed E-state index contributed by atoms with van der Waals surface area (Å²) in [7, 11) is 1.58. The number of rotatable bonds is 1. The van der Waals surface area contributed by atoms with Gasteiger partial charge in [0.25, 0.3) is 0 Å². The zero-order valence-electron chi connectivity index (χ0n) is 6.59. The normalized spacial score (nSPS) is 8.82. The predicted molar refractivity (Wildman–Crippen MR) is 43.5 cm³/mol. The molecule has 2 heteroatoms. The van der Waals surface area contributed by atoms with Crippen molar-refractivity contribution in [2.45, 2.75) is 6.92 Å². The summed E-state index contributed by atoms with van der Waals surface area (Å²) >= 11 is 0. The predicted octanol–water partition coefficient (Wildman–Crippen LogP) is 1.38. The summed E-state index contributed by atoms with van der Waals surface area (Å²) in [6, 6.07) is 0. The van der Waals surface area contributed by atoms with Crippen molar-refractivity contribution in [3.63, 3.8) is 0 Å². The Kier molecular flexibility index (Phi) is 2.12. The number of nitrogens with zero attached hydrogens (tertiary/aromatic N) is 1. The first kappa shape index (κ1) is 7.62. The summed E-state index contributed by atoms with van der Waals surface area (Å²) in [5.41, 5.74) is 1.74. The van der Waals surface area contributed by atoms with Crippen molar-refractivity contribution in [1.82, 2.24) is 4.98 Å². The van der Waals surface area contributed by atoms with E-state index in [-0.39, 0.29) is 0 Å². The Bertz CT molecular complexity index is 299. The van der Waals surface area contributed by atoms with Crippen molar-refractivity contribution in [3.8, 4) is 18.1 Å².